The van der Waals surface area contributed by atoms with Gasteiger partial charge >= 0.3 is 6.18 Å². The summed E-state index contributed by atoms with van der Waals surface area (Å²) in [6, 6.07) is 7.63. The number of nitrogens with zero attached hydrogens (tertiary/aromatic N) is 1. The molecule has 2 rings (SSSR count). The van der Waals surface area contributed by atoms with Crippen LogP contribution in [0.3, 0.4) is 0 Å². The Bertz CT molecular complexity index is 534. The first-order valence-corrected chi connectivity index (χ1v) is 5.22. The lowest BCUT2D eigenvalue weighted by Crippen LogP contribution is -2.06. The van der Waals surface area contributed by atoms with E-state index >= 15 is 0 Å². The lowest BCUT2D eigenvalue weighted by atomic mass is 10.1. The van der Waals surface area contributed by atoms with Crippen LogP contribution in [0.4, 0.5) is 17.6 Å². The zero-order valence-corrected chi connectivity index (χ0v) is 9.21. The van der Waals surface area contributed by atoms with Gasteiger partial charge in [-0.1, -0.05) is 6.07 Å². The van der Waals surface area contributed by atoms with Crippen LogP contribution in [-0.2, 0) is 12.6 Å². The van der Waals surface area contributed by atoms with Crippen molar-refractivity contribution in [3.8, 4) is 0 Å². The van der Waals surface area contributed by atoms with E-state index in [1.54, 1.807) is 24.4 Å². The predicted octanol–water partition coefficient (Wildman–Crippen LogP) is 3.83. The number of alkyl halides is 3. The summed E-state index contributed by atoms with van der Waals surface area (Å²) in [5, 5.41) is 0. The summed E-state index contributed by atoms with van der Waals surface area (Å²) < 4.78 is 50.7. The van der Waals surface area contributed by atoms with Gasteiger partial charge in [-0.2, -0.15) is 13.2 Å². The van der Waals surface area contributed by atoms with E-state index in [0.717, 1.165) is 12.1 Å². The van der Waals surface area contributed by atoms with Crippen molar-refractivity contribution in [2.24, 2.45) is 0 Å². The summed E-state index contributed by atoms with van der Waals surface area (Å²) in [5.74, 6) is -0.893. The molecule has 2 aromatic rings. The summed E-state index contributed by atoms with van der Waals surface area (Å²) in [5.41, 5.74) is -0.134. The molecule has 0 unspecified atom stereocenters. The third kappa shape index (κ3) is 3.06. The Hall–Kier alpha value is -1.91. The van der Waals surface area contributed by atoms with Gasteiger partial charge in [0.1, 0.15) is 5.82 Å². The molecule has 0 spiro atoms. The number of hydrogen-bond donors (Lipinski definition) is 0. The third-order valence-electron chi connectivity index (χ3n) is 2.40. The van der Waals surface area contributed by atoms with Crippen LogP contribution in [0.1, 0.15) is 16.8 Å². The standard InChI is InChI=1S/C13H9F4N/c14-11-6-9(5-10(8-11)13(15,16)17)7-12-3-1-2-4-18-12/h1-6,8H,7H2. The first-order valence-electron chi connectivity index (χ1n) is 5.22. The summed E-state index contributed by atoms with van der Waals surface area (Å²) in [4.78, 5) is 3.99. The van der Waals surface area contributed by atoms with E-state index in [0.29, 0.717) is 11.8 Å². The maximum absolute atomic E-state index is 13.1. The van der Waals surface area contributed by atoms with Gasteiger partial charge in [-0.3, -0.25) is 4.98 Å². The van der Waals surface area contributed by atoms with Crippen LogP contribution >= 0.6 is 0 Å². The Morgan fingerprint density at radius 2 is 1.83 bits per heavy atom. The molecule has 0 amide bonds. The maximum atomic E-state index is 13.1. The minimum absolute atomic E-state index is 0.168. The number of pyridine rings is 1. The van der Waals surface area contributed by atoms with E-state index in [2.05, 4.69) is 4.98 Å². The molecule has 1 aromatic carbocycles. The van der Waals surface area contributed by atoms with Crippen molar-refractivity contribution in [1.29, 1.82) is 0 Å². The summed E-state index contributed by atoms with van der Waals surface area (Å²) in [7, 11) is 0. The minimum atomic E-state index is -4.54. The largest absolute Gasteiger partial charge is 0.416 e. The van der Waals surface area contributed by atoms with Crippen LogP contribution in [-0.4, -0.2) is 4.98 Å². The summed E-state index contributed by atoms with van der Waals surface area (Å²) >= 11 is 0. The highest BCUT2D eigenvalue weighted by Gasteiger charge is 2.31. The molecule has 0 N–H and O–H groups in total. The topological polar surface area (TPSA) is 12.9 Å². The van der Waals surface area contributed by atoms with Crippen LogP contribution in [0.2, 0.25) is 0 Å². The average Bonchev–Trinajstić information content (AvgIpc) is 2.28. The van der Waals surface area contributed by atoms with Crippen molar-refractivity contribution in [1.82, 2.24) is 4.98 Å². The number of aromatic nitrogens is 1. The van der Waals surface area contributed by atoms with Crippen LogP contribution in [0.25, 0.3) is 0 Å². The fourth-order valence-corrected chi connectivity index (χ4v) is 1.63. The molecule has 94 valence electrons. The molecule has 0 fully saturated rings. The molecule has 18 heavy (non-hydrogen) atoms. The Balaban J connectivity index is 2.32. The smallest absolute Gasteiger partial charge is 0.261 e. The van der Waals surface area contributed by atoms with E-state index in [4.69, 9.17) is 0 Å². The maximum Gasteiger partial charge on any atom is 0.416 e. The van der Waals surface area contributed by atoms with Crippen molar-refractivity contribution in [3.63, 3.8) is 0 Å². The Morgan fingerprint density at radius 3 is 2.44 bits per heavy atom. The van der Waals surface area contributed by atoms with Crippen molar-refractivity contribution in [3.05, 3.63) is 65.2 Å². The third-order valence-corrected chi connectivity index (χ3v) is 2.40. The zero-order valence-electron chi connectivity index (χ0n) is 9.21. The minimum Gasteiger partial charge on any atom is -0.261 e. The van der Waals surface area contributed by atoms with E-state index in [1.807, 2.05) is 0 Å². The van der Waals surface area contributed by atoms with E-state index < -0.39 is 17.6 Å². The Kier molecular flexibility index (Phi) is 3.32. The number of halogens is 4. The highest BCUT2D eigenvalue weighted by atomic mass is 19.4. The molecule has 0 saturated heterocycles. The lowest BCUT2D eigenvalue weighted by Gasteiger charge is -2.09. The van der Waals surface area contributed by atoms with Crippen LogP contribution in [0, 0.1) is 5.82 Å². The summed E-state index contributed by atoms with van der Waals surface area (Å²) in [6.07, 6.45) is -2.83. The average molecular weight is 255 g/mol. The molecule has 0 bridgehead atoms. The summed E-state index contributed by atoms with van der Waals surface area (Å²) in [6.45, 7) is 0. The Labute approximate surface area is 101 Å². The predicted molar refractivity (Wildman–Crippen MR) is 58.4 cm³/mol. The van der Waals surface area contributed by atoms with Crippen molar-refractivity contribution < 1.29 is 17.6 Å². The molecule has 1 aromatic heterocycles. The second-order valence-electron chi connectivity index (χ2n) is 3.84. The second kappa shape index (κ2) is 4.76. The number of hydrogen-bond acceptors (Lipinski definition) is 1. The van der Waals surface area contributed by atoms with E-state index in [9.17, 15) is 17.6 Å². The fourth-order valence-electron chi connectivity index (χ4n) is 1.63. The van der Waals surface area contributed by atoms with Crippen LogP contribution in [0.15, 0.2) is 42.6 Å². The fraction of sp³-hybridized carbons (Fsp3) is 0.154. The highest BCUT2D eigenvalue weighted by Crippen LogP contribution is 2.30. The van der Waals surface area contributed by atoms with Gasteiger partial charge in [-0.25, -0.2) is 4.39 Å². The molecular weight excluding hydrogens is 246 g/mol. The molecule has 0 aliphatic heterocycles. The molecule has 0 atom stereocenters. The lowest BCUT2D eigenvalue weighted by molar-refractivity contribution is -0.137. The van der Waals surface area contributed by atoms with Gasteiger partial charge in [0.25, 0.3) is 0 Å². The van der Waals surface area contributed by atoms with Gasteiger partial charge in [0, 0.05) is 18.3 Å². The van der Waals surface area contributed by atoms with Crippen LogP contribution < -0.4 is 0 Å². The SMILES string of the molecule is Fc1cc(Cc2ccccn2)cc(C(F)(F)F)c1. The van der Waals surface area contributed by atoms with Gasteiger partial charge < -0.3 is 0 Å². The van der Waals surface area contributed by atoms with Crippen LogP contribution in [0.5, 0.6) is 0 Å². The normalized spacial score (nSPS) is 11.6. The van der Waals surface area contributed by atoms with Gasteiger partial charge in [-0.15, -0.1) is 0 Å². The second-order valence-corrected chi connectivity index (χ2v) is 3.84. The highest BCUT2D eigenvalue weighted by molar-refractivity contribution is 5.29. The Morgan fingerprint density at radius 1 is 1.06 bits per heavy atom. The van der Waals surface area contributed by atoms with Gasteiger partial charge in [0.15, 0.2) is 0 Å². The molecular formula is C13H9F4N. The van der Waals surface area contributed by atoms with Crippen molar-refractivity contribution in [2.75, 3.05) is 0 Å². The molecule has 1 heterocycles. The molecule has 1 nitrogen and oxygen atoms in total. The molecule has 0 aliphatic carbocycles. The van der Waals surface area contributed by atoms with Gasteiger partial charge in [0.05, 0.1) is 5.56 Å². The first kappa shape index (κ1) is 12.5. The van der Waals surface area contributed by atoms with E-state index in [-0.39, 0.29) is 12.0 Å². The van der Waals surface area contributed by atoms with Gasteiger partial charge in [-0.05, 0) is 35.9 Å². The molecule has 0 aliphatic rings. The van der Waals surface area contributed by atoms with Crippen molar-refractivity contribution >= 4 is 0 Å². The molecule has 0 saturated carbocycles. The quantitative estimate of drug-likeness (QED) is 0.743. The molecule has 5 heteroatoms. The van der Waals surface area contributed by atoms with Gasteiger partial charge in [0.2, 0.25) is 0 Å². The number of rotatable bonds is 2. The monoisotopic (exact) mass is 255 g/mol. The first-order chi connectivity index (χ1) is 8.45. The van der Waals surface area contributed by atoms with Crippen molar-refractivity contribution in [2.45, 2.75) is 12.6 Å². The van der Waals surface area contributed by atoms with E-state index in [1.165, 1.54) is 0 Å². The number of benzene rings is 1. The molecule has 0 radical (unpaired) electrons. The zero-order chi connectivity index (χ0) is 13.2.